The van der Waals surface area contributed by atoms with Crippen molar-refractivity contribution in [2.24, 2.45) is 11.3 Å². The fourth-order valence-electron chi connectivity index (χ4n) is 2.68. The van der Waals surface area contributed by atoms with E-state index in [1.54, 1.807) is 0 Å². The average Bonchev–Trinajstić information content (AvgIpc) is 2.99. The molecule has 2 aliphatic rings. The minimum Gasteiger partial charge on any atom is -0.342 e. The molecule has 16 heavy (non-hydrogen) atoms. The van der Waals surface area contributed by atoms with Gasteiger partial charge in [-0.25, -0.2) is 0 Å². The lowest BCUT2D eigenvalue weighted by molar-refractivity contribution is -0.141. The first-order valence-corrected chi connectivity index (χ1v) is 6.72. The average molecular weight is 224 g/mol. The summed E-state index contributed by atoms with van der Waals surface area (Å²) < 4.78 is 0. The maximum atomic E-state index is 12.6. The summed E-state index contributed by atoms with van der Waals surface area (Å²) in [7, 11) is 0. The molecule has 0 radical (unpaired) electrons. The molecular weight excluding hydrogens is 200 g/mol. The van der Waals surface area contributed by atoms with Crippen molar-refractivity contribution < 1.29 is 4.79 Å². The third-order valence-electron chi connectivity index (χ3n) is 4.22. The number of hydrogen-bond acceptors (Lipinski definition) is 2. The molecule has 1 aliphatic heterocycles. The number of hydrogen-bond donors (Lipinski definition) is 1. The molecule has 1 saturated carbocycles. The first kappa shape index (κ1) is 11.9. The molecule has 2 rings (SSSR count). The molecule has 92 valence electrons. The Kier molecular flexibility index (Phi) is 3.53. The monoisotopic (exact) mass is 224 g/mol. The van der Waals surface area contributed by atoms with Gasteiger partial charge in [-0.15, -0.1) is 0 Å². The Morgan fingerprint density at radius 1 is 1.44 bits per heavy atom. The van der Waals surface area contributed by atoms with Crippen LogP contribution in [0, 0.1) is 11.3 Å². The predicted molar refractivity (Wildman–Crippen MR) is 65.2 cm³/mol. The van der Waals surface area contributed by atoms with Crippen LogP contribution in [0.25, 0.3) is 0 Å². The third kappa shape index (κ3) is 2.24. The topological polar surface area (TPSA) is 32.3 Å². The van der Waals surface area contributed by atoms with E-state index in [-0.39, 0.29) is 5.41 Å². The van der Waals surface area contributed by atoms with E-state index >= 15 is 0 Å². The smallest absolute Gasteiger partial charge is 0.230 e. The van der Waals surface area contributed by atoms with Crippen LogP contribution in [0.5, 0.6) is 0 Å². The lowest BCUT2D eigenvalue weighted by atomic mass is 9.82. The number of nitrogens with zero attached hydrogens (tertiary/aromatic N) is 1. The Balaban J connectivity index is 2.01. The van der Waals surface area contributed by atoms with Gasteiger partial charge in [0.2, 0.25) is 5.91 Å². The van der Waals surface area contributed by atoms with Gasteiger partial charge in [0.15, 0.2) is 0 Å². The summed E-state index contributed by atoms with van der Waals surface area (Å²) in [6.45, 7) is 8.00. The fourth-order valence-corrected chi connectivity index (χ4v) is 2.68. The summed E-state index contributed by atoms with van der Waals surface area (Å²) in [5, 5.41) is 3.35. The van der Waals surface area contributed by atoms with E-state index in [1.807, 2.05) is 0 Å². The van der Waals surface area contributed by atoms with Gasteiger partial charge in [-0.1, -0.05) is 6.92 Å². The predicted octanol–water partition coefficient (Wildman–Crippen LogP) is 1.63. The SMILES string of the molecule is CCN(CC1CC1)C(=O)C1(CC)CCNC1. The molecule has 1 amide bonds. The van der Waals surface area contributed by atoms with Crippen LogP contribution in [0.15, 0.2) is 0 Å². The third-order valence-corrected chi connectivity index (χ3v) is 4.22. The number of amides is 1. The lowest BCUT2D eigenvalue weighted by Gasteiger charge is -2.32. The molecule has 1 N–H and O–H groups in total. The number of rotatable bonds is 5. The number of carbonyl (C=O) groups excluding carboxylic acids is 1. The molecule has 0 aromatic carbocycles. The molecule has 0 spiro atoms. The maximum Gasteiger partial charge on any atom is 0.230 e. The summed E-state index contributed by atoms with van der Waals surface area (Å²) in [6, 6.07) is 0. The Morgan fingerprint density at radius 3 is 2.62 bits per heavy atom. The van der Waals surface area contributed by atoms with Crippen LogP contribution >= 0.6 is 0 Å². The normalized spacial score (nSPS) is 29.4. The van der Waals surface area contributed by atoms with Crippen molar-refractivity contribution in [2.45, 2.75) is 39.5 Å². The summed E-state index contributed by atoms with van der Waals surface area (Å²) >= 11 is 0. The zero-order chi connectivity index (χ0) is 11.6. The van der Waals surface area contributed by atoms with Gasteiger partial charge in [0.1, 0.15) is 0 Å². The van der Waals surface area contributed by atoms with Crippen molar-refractivity contribution in [3.05, 3.63) is 0 Å². The van der Waals surface area contributed by atoms with Crippen LogP contribution < -0.4 is 5.32 Å². The Bertz CT molecular complexity index is 255. The van der Waals surface area contributed by atoms with E-state index in [0.717, 1.165) is 44.9 Å². The first-order valence-electron chi connectivity index (χ1n) is 6.72. The minimum atomic E-state index is -0.0924. The second kappa shape index (κ2) is 4.74. The molecule has 1 unspecified atom stereocenters. The Labute approximate surface area is 98.6 Å². The van der Waals surface area contributed by atoms with Gasteiger partial charge >= 0.3 is 0 Å². The second-order valence-electron chi connectivity index (χ2n) is 5.35. The zero-order valence-electron chi connectivity index (χ0n) is 10.6. The van der Waals surface area contributed by atoms with Gasteiger partial charge in [0.05, 0.1) is 5.41 Å². The van der Waals surface area contributed by atoms with Crippen LogP contribution in [0.3, 0.4) is 0 Å². The van der Waals surface area contributed by atoms with Crippen molar-refractivity contribution in [2.75, 3.05) is 26.2 Å². The van der Waals surface area contributed by atoms with Crippen molar-refractivity contribution in [3.8, 4) is 0 Å². The first-order chi connectivity index (χ1) is 7.72. The van der Waals surface area contributed by atoms with Gasteiger partial charge in [-0.05, 0) is 45.1 Å². The summed E-state index contributed by atoms with van der Waals surface area (Å²) in [5.41, 5.74) is -0.0924. The summed E-state index contributed by atoms with van der Waals surface area (Å²) in [5.74, 6) is 1.20. The molecule has 3 nitrogen and oxygen atoms in total. The second-order valence-corrected chi connectivity index (χ2v) is 5.35. The maximum absolute atomic E-state index is 12.6. The summed E-state index contributed by atoms with van der Waals surface area (Å²) in [4.78, 5) is 14.7. The van der Waals surface area contributed by atoms with E-state index in [0.29, 0.717) is 5.91 Å². The highest BCUT2D eigenvalue weighted by Crippen LogP contribution is 2.35. The molecule has 1 heterocycles. The van der Waals surface area contributed by atoms with E-state index in [4.69, 9.17) is 0 Å². The van der Waals surface area contributed by atoms with Gasteiger partial charge in [0.25, 0.3) is 0 Å². The van der Waals surface area contributed by atoms with E-state index < -0.39 is 0 Å². The van der Waals surface area contributed by atoms with Crippen molar-refractivity contribution in [1.82, 2.24) is 10.2 Å². The molecule has 0 aromatic rings. The highest BCUT2D eigenvalue weighted by atomic mass is 16.2. The van der Waals surface area contributed by atoms with Gasteiger partial charge in [-0.3, -0.25) is 4.79 Å². The standard InChI is InChI=1S/C13H24N2O/c1-3-13(7-8-14-10-13)12(16)15(4-2)9-11-5-6-11/h11,14H,3-10H2,1-2H3. The van der Waals surface area contributed by atoms with Crippen molar-refractivity contribution >= 4 is 5.91 Å². The van der Waals surface area contributed by atoms with Gasteiger partial charge < -0.3 is 10.2 Å². The van der Waals surface area contributed by atoms with Crippen molar-refractivity contribution in [3.63, 3.8) is 0 Å². The quantitative estimate of drug-likeness (QED) is 0.770. The minimum absolute atomic E-state index is 0.0924. The largest absolute Gasteiger partial charge is 0.342 e. The fraction of sp³-hybridized carbons (Fsp3) is 0.923. The molecule has 2 fully saturated rings. The van der Waals surface area contributed by atoms with E-state index in [9.17, 15) is 4.79 Å². The number of nitrogens with one attached hydrogen (secondary N) is 1. The molecule has 3 heteroatoms. The highest BCUT2D eigenvalue weighted by Gasteiger charge is 2.42. The van der Waals surface area contributed by atoms with Crippen LogP contribution in [-0.4, -0.2) is 37.0 Å². The van der Waals surface area contributed by atoms with Crippen LogP contribution in [0.4, 0.5) is 0 Å². The van der Waals surface area contributed by atoms with Crippen LogP contribution in [-0.2, 0) is 4.79 Å². The van der Waals surface area contributed by atoms with Crippen molar-refractivity contribution in [1.29, 1.82) is 0 Å². The molecule has 1 aliphatic carbocycles. The molecular formula is C13H24N2O. The zero-order valence-corrected chi connectivity index (χ0v) is 10.6. The molecule has 1 atom stereocenters. The molecule has 0 aromatic heterocycles. The van der Waals surface area contributed by atoms with Crippen LogP contribution in [0.2, 0.25) is 0 Å². The van der Waals surface area contributed by atoms with Gasteiger partial charge in [0, 0.05) is 19.6 Å². The molecule has 1 saturated heterocycles. The number of carbonyl (C=O) groups is 1. The van der Waals surface area contributed by atoms with E-state index in [1.165, 1.54) is 12.8 Å². The van der Waals surface area contributed by atoms with E-state index in [2.05, 4.69) is 24.1 Å². The van der Waals surface area contributed by atoms with Gasteiger partial charge in [-0.2, -0.15) is 0 Å². The van der Waals surface area contributed by atoms with Crippen LogP contribution in [0.1, 0.15) is 39.5 Å². The highest BCUT2D eigenvalue weighted by molar-refractivity contribution is 5.83. The Hall–Kier alpha value is -0.570. The Morgan fingerprint density at radius 2 is 2.19 bits per heavy atom. The molecule has 0 bridgehead atoms. The summed E-state index contributed by atoms with van der Waals surface area (Å²) in [6.07, 6.45) is 4.63. The lowest BCUT2D eigenvalue weighted by Crippen LogP contribution is -2.45.